The lowest BCUT2D eigenvalue weighted by Crippen LogP contribution is -2.49. The van der Waals surface area contributed by atoms with E-state index >= 15 is 0 Å². The molecule has 2 aromatic rings. The number of carbonyl (C=O) groups excluding carboxylic acids is 1. The van der Waals surface area contributed by atoms with Gasteiger partial charge < -0.3 is 9.88 Å². The second-order valence-electron chi connectivity index (χ2n) is 6.38. The van der Waals surface area contributed by atoms with Crippen molar-refractivity contribution in [3.05, 3.63) is 36.0 Å². The number of para-hydroxylation sites is 1. The Balaban J connectivity index is 1.93. The molecule has 1 aromatic carbocycles. The van der Waals surface area contributed by atoms with Crippen LogP contribution >= 0.6 is 0 Å². The minimum Gasteiger partial charge on any atom is -0.361 e. The first-order valence-corrected chi connectivity index (χ1v) is 9.87. The van der Waals surface area contributed by atoms with Crippen LogP contribution in [0.2, 0.25) is 0 Å². The molecule has 1 amide bonds. The van der Waals surface area contributed by atoms with Crippen molar-refractivity contribution in [1.29, 1.82) is 0 Å². The van der Waals surface area contributed by atoms with Gasteiger partial charge in [0.05, 0.1) is 16.3 Å². The minimum absolute atomic E-state index is 0.126. The number of sulfone groups is 1. The van der Waals surface area contributed by atoms with Crippen molar-refractivity contribution in [3.63, 3.8) is 0 Å². The topological polar surface area (TPSA) is 70.2 Å². The van der Waals surface area contributed by atoms with E-state index in [2.05, 4.69) is 4.98 Å². The molecule has 0 aliphatic heterocycles. The SMILES string of the molecule is CN(C(=O)c1cccc2cc[nH]c12)C1CCCCC1S(C)(=O)=O. The summed E-state index contributed by atoms with van der Waals surface area (Å²) in [6.45, 7) is 0. The summed E-state index contributed by atoms with van der Waals surface area (Å²) in [5, 5.41) is 0.514. The number of amides is 1. The van der Waals surface area contributed by atoms with Gasteiger partial charge in [0.1, 0.15) is 0 Å². The normalized spacial score (nSPS) is 22.2. The smallest absolute Gasteiger partial charge is 0.256 e. The van der Waals surface area contributed by atoms with Crippen molar-refractivity contribution < 1.29 is 13.2 Å². The van der Waals surface area contributed by atoms with Gasteiger partial charge in [-0.15, -0.1) is 0 Å². The van der Waals surface area contributed by atoms with Crippen molar-refractivity contribution in [2.24, 2.45) is 0 Å². The van der Waals surface area contributed by atoms with Gasteiger partial charge in [-0.05, 0) is 25.0 Å². The summed E-state index contributed by atoms with van der Waals surface area (Å²) in [6, 6.07) is 7.26. The maximum atomic E-state index is 12.9. The molecule has 23 heavy (non-hydrogen) atoms. The van der Waals surface area contributed by atoms with E-state index in [9.17, 15) is 13.2 Å². The summed E-state index contributed by atoms with van der Waals surface area (Å²) < 4.78 is 24.2. The van der Waals surface area contributed by atoms with Crippen LogP contribution in [0.4, 0.5) is 0 Å². The van der Waals surface area contributed by atoms with E-state index in [0.29, 0.717) is 12.0 Å². The van der Waals surface area contributed by atoms with Crippen molar-refractivity contribution in [3.8, 4) is 0 Å². The summed E-state index contributed by atoms with van der Waals surface area (Å²) in [6.07, 6.45) is 6.32. The Morgan fingerprint density at radius 1 is 1.22 bits per heavy atom. The molecular formula is C17H22N2O3S. The highest BCUT2D eigenvalue weighted by molar-refractivity contribution is 7.91. The van der Waals surface area contributed by atoms with Crippen LogP contribution in [0.1, 0.15) is 36.0 Å². The Labute approximate surface area is 136 Å². The summed E-state index contributed by atoms with van der Waals surface area (Å²) in [4.78, 5) is 17.7. The van der Waals surface area contributed by atoms with Crippen molar-refractivity contribution in [2.45, 2.75) is 37.0 Å². The number of carbonyl (C=O) groups is 1. The first kappa shape index (κ1) is 16.1. The van der Waals surface area contributed by atoms with Gasteiger partial charge in [0.2, 0.25) is 0 Å². The molecule has 0 spiro atoms. The number of H-pyrrole nitrogens is 1. The molecule has 2 atom stereocenters. The number of benzene rings is 1. The van der Waals surface area contributed by atoms with E-state index in [1.807, 2.05) is 18.2 Å². The number of hydrogen-bond donors (Lipinski definition) is 1. The number of hydrogen-bond acceptors (Lipinski definition) is 3. The quantitative estimate of drug-likeness (QED) is 0.938. The summed E-state index contributed by atoms with van der Waals surface area (Å²) in [5.74, 6) is -0.126. The molecule has 0 bridgehead atoms. The van der Waals surface area contributed by atoms with Gasteiger partial charge in [-0.1, -0.05) is 25.0 Å². The fraction of sp³-hybridized carbons (Fsp3) is 0.471. The molecule has 1 aromatic heterocycles. The molecule has 124 valence electrons. The maximum absolute atomic E-state index is 12.9. The molecule has 1 aliphatic carbocycles. The molecule has 2 unspecified atom stereocenters. The largest absolute Gasteiger partial charge is 0.361 e. The molecule has 1 heterocycles. The van der Waals surface area contributed by atoms with Gasteiger partial charge >= 0.3 is 0 Å². The second kappa shape index (κ2) is 6.00. The zero-order valence-electron chi connectivity index (χ0n) is 13.5. The van der Waals surface area contributed by atoms with E-state index in [1.165, 1.54) is 6.26 Å². The Bertz CT molecular complexity index is 825. The summed E-state index contributed by atoms with van der Waals surface area (Å²) in [5.41, 5.74) is 1.39. The maximum Gasteiger partial charge on any atom is 0.256 e. The highest BCUT2D eigenvalue weighted by Crippen LogP contribution is 2.29. The van der Waals surface area contributed by atoms with E-state index in [4.69, 9.17) is 0 Å². The minimum atomic E-state index is -3.17. The molecule has 3 rings (SSSR count). The van der Waals surface area contributed by atoms with Gasteiger partial charge in [-0.25, -0.2) is 8.42 Å². The van der Waals surface area contributed by atoms with Gasteiger partial charge in [-0.2, -0.15) is 0 Å². The van der Waals surface area contributed by atoms with Gasteiger partial charge in [0, 0.05) is 30.9 Å². The summed E-state index contributed by atoms with van der Waals surface area (Å²) >= 11 is 0. The number of rotatable bonds is 3. The number of nitrogens with one attached hydrogen (secondary N) is 1. The van der Waals surface area contributed by atoms with Crippen LogP contribution < -0.4 is 0 Å². The number of aromatic amines is 1. The van der Waals surface area contributed by atoms with Gasteiger partial charge in [0.25, 0.3) is 5.91 Å². The fourth-order valence-electron chi connectivity index (χ4n) is 3.62. The van der Waals surface area contributed by atoms with Crippen molar-refractivity contribution in [2.75, 3.05) is 13.3 Å². The zero-order chi connectivity index (χ0) is 16.6. The van der Waals surface area contributed by atoms with Crippen molar-refractivity contribution in [1.82, 2.24) is 9.88 Å². The van der Waals surface area contributed by atoms with Crippen LogP contribution in [-0.4, -0.2) is 48.8 Å². The first-order chi connectivity index (χ1) is 10.9. The average molecular weight is 334 g/mol. The number of nitrogens with zero attached hydrogens (tertiary/aromatic N) is 1. The Morgan fingerprint density at radius 3 is 2.70 bits per heavy atom. The third kappa shape index (κ3) is 3.00. The third-order valence-electron chi connectivity index (χ3n) is 4.85. The van der Waals surface area contributed by atoms with Crippen LogP contribution in [0.3, 0.4) is 0 Å². The fourth-order valence-corrected chi connectivity index (χ4v) is 5.11. The molecule has 1 N–H and O–H groups in total. The molecule has 1 aliphatic rings. The van der Waals surface area contributed by atoms with E-state index in [1.54, 1.807) is 24.2 Å². The standard InChI is InChI=1S/C17H22N2O3S/c1-19(14-8-3-4-9-15(14)23(2,21)22)17(20)13-7-5-6-12-10-11-18-16(12)13/h5-7,10-11,14-15,18H,3-4,8-9H2,1-2H3. The van der Waals surface area contributed by atoms with Crippen LogP contribution in [0.15, 0.2) is 30.5 Å². The Morgan fingerprint density at radius 2 is 1.96 bits per heavy atom. The molecule has 0 radical (unpaired) electrons. The number of aromatic nitrogens is 1. The van der Waals surface area contributed by atoms with E-state index < -0.39 is 15.1 Å². The predicted octanol–water partition coefficient (Wildman–Crippen LogP) is 2.60. The highest BCUT2D eigenvalue weighted by atomic mass is 32.2. The lowest BCUT2D eigenvalue weighted by atomic mass is 9.93. The van der Waals surface area contributed by atoms with Crippen LogP contribution in [0, 0.1) is 0 Å². The van der Waals surface area contributed by atoms with Crippen LogP contribution in [-0.2, 0) is 9.84 Å². The second-order valence-corrected chi connectivity index (χ2v) is 8.65. The molecule has 1 fully saturated rings. The third-order valence-corrected chi connectivity index (χ3v) is 6.50. The Kier molecular flexibility index (Phi) is 4.19. The predicted molar refractivity (Wildman–Crippen MR) is 91.3 cm³/mol. The zero-order valence-corrected chi connectivity index (χ0v) is 14.3. The highest BCUT2D eigenvalue weighted by Gasteiger charge is 2.37. The average Bonchev–Trinajstić information content (AvgIpc) is 3.01. The lowest BCUT2D eigenvalue weighted by molar-refractivity contribution is 0.0702. The molecule has 1 saturated carbocycles. The molecule has 0 saturated heterocycles. The first-order valence-electron chi connectivity index (χ1n) is 7.91. The van der Waals surface area contributed by atoms with E-state index in [0.717, 1.165) is 30.2 Å². The van der Waals surface area contributed by atoms with Gasteiger partial charge in [-0.3, -0.25) is 4.79 Å². The number of fused-ring (bicyclic) bond motifs is 1. The Hall–Kier alpha value is -1.82. The monoisotopic (exact) mass is 334 g/mol. The lowest BCUT2D eigenvalue weighted by Gasteiger charge is -2.37. The van der Waals surface area contributed by atoms with Crippen LogP contribution in [0.5, 0.6) is 0 Å². The molecule has 5 nitrogen and oxygen atoms in total. The van der Waals surface area contributed by atoms with E-state index in [-0.39, 0.29) is 11.9 Å². The molecular weight excluding hydrogens is 312 g/mol. The van der Waals surface area contributed by atoms with Crippen LogP contribution in [0.25, 0.3) is 10.9 Å². The van der Waals surface area contributed by atoms with Crippen molar-refractivity contribution >= 4 is 26.6 Å². The van der Waals surface area contributed by atoms with Gasteiger partial charge in [0.15, 0.2) is 9.84 Å². The molecule has 6 heteroatoms. The summed E-state index contributed by atoms with van der Waals surface area (Å²) in [7, 11) is -1.45.